The summed E-state index contributed by atoms with van der Waals surface area (Å²) in [5.74, 6) is 0.833. The first kappa shape index (κ1) is 14.8. The Balaban J connectivity index is 1.83. The van der Waals surface area contributed by atoms with Crippen molar-refractivity contribution in [2.75, 3.05) is 26.9 Å². The lowest BCUT2D eigenvalue weighted by atomic mass is 10.1. The van der Waals surface area contributed by atoms with Gasteiger partial charge >= 0.3 is 0 Å². The van der Waals surface area contributed by atoms with Gasteiger partial charge in [0.15, 0.2) is 0 Å². The highest BCUT2D eigenvalue weighted by Gasteiger charge is 2.16. The van der Waals surface area contributed by atoms with Gasteiger partial charge in [0, 0.05) is 31.1 Å². The normalized spacial score (nSPS) is 18.6. The first-order valence-electron chi connectivity index (χ1n) is 6.90. The van der Waals surface area contributed by atoms with Crippen LogP contribution in [0.2, 0.25) is 0 Å². The number of hydrogen-bond donors (Lipinski definition) is 2. The maximum atomic E-state index is 11.9. The van der Waals surface area contributed by atoms with E-state index < -0.39 is 0 Å². The number of ether oxygens (including phenoxy) is 2. The van der Waals surface area contributed by atoms with E-state index in [4.69, 9.17) is 9.47 Å². The predicted molar refractivity (Wildman–Crippen MR) is 76.8 cm³/mol. The molecule has 1 amide bonds. The number of hydrogen-bond acceptors (Lipinski definition) is 4. The van der Waals surface area contributed by atoms with Gasteiger partial charge in [-0.15, -0.1) is 0 Å². The Bertz CT molecular complexity index is 456. The van der Waals surface area contributed by atoms with E-state index in [1.54, 1.807) is 7.11 Å². The summed E-state index contributed by atoms with van der Waals surface area (Å²) in [5, 5.41) is 6.19. The van der Waals surface area contributed by atoms with Crippen LogP contribution in [0, 0.1) is 6.92 Å². The molecule has 5 nitrogen and oxygen atoms in total. The van der Waals surface area contributed by atoms with Crippen LogP contribution in [0.25, 0.3) is 0 Å². The highest BCUT2D eigenvalue weighted by molar-refractivity contribution is 5.76. The second-order valence-corrected chi connectivity index (χ2v) is 5.02. The topological polar surface area (TPSA) is 59.6 Å². The molecule has 0 bridgehead atoms. The van der Waals surface area contributed by atoms with Crippen molar-refractivity contribution < 1.29 is 14.3 Å². The first-order chi connectivity index (χ1) is 9.69. The molecule has 1 atom stereocenters. The molecule has 1 aliphatic heterocycles. The molecule has 1 aromatic rings. The van der Waals surface area contributed by atoms with Crippen LogP contribution in [0.3, 0.4) is 0 Å². The van der Waals surface area contributed by atoms with E-state index in [-0.39, 0.29) is 11.9 Å². The standard InChI is InChI=1S/C15H22N2O3/c1-11-3-4-12(14(7-11)19-2)9-17-15(18)8-13-10-20-6-5-16-13/h3-4,7,13,16H,5-6,8-10H2,1-2H3,(H,17,18). The Morgan fingerprint density at radius 1 is 1.55 bits per heavy atom. The third kappa shape index (κ3) is 4.21. The van der Waals surface area contributed by atoms with Crippen LogP contribution in [-0.2, 0) is 16.1 Å². The largest absolute Gasteiger partial charge is 0.496 e. The lowest BCUT2D eigenvalue weighted by Gasteiger charge is -2.23. The summed E-state index contributed by atoms with van der Waals surface area (Å²) < 4.78 is 10.7. The molecule has 5 heteroatoms. The number of methoxy groups -OCH3 is 1. The summed E-state index contributed by atoms with van der Waals surface area (Å²) in [7, 11) is 1.64. The summed E-state index contributed by atoms with van der Waals surface area (Å²) >= 11 is 0. The van der Waals surface area contributed by atoms with E-state index >= 15 is 0 Å². The van der Waals surface area contributed by atoms with Crippen molar-refractivity contribution in [2.45, 2.75) is 25.9 Å². The molecular formula is C15H22N2O3. The third-order valence-corrected chi connectivity index (χ3v) is 3.35. The molecule has 0 saturated carbocycles. The number of nitrogens with one attached hydrogen (secondary N) is 2. The zero-order valence-electron chi connectivity index (χ0n) is 12.1. The van der Waals surface area contributed by atoms with Crippen molar-refractivity contribution in [3.63, 3.8) is 0 Å². The fourth-order valence-corrected chi connectivity index (χ4v) is 2.24. The molecule has 1 unspecified atom stereocenters. The second kappa shape index (κ2) is 7.26. The van der Waals surface area contributed by atoms with Crippen molar-refractivity contribution in [3.05, 3.63) is 29.3 Å². The van der Waals surface area contributed by atoms with Crippen molar-refractivity contribution in [1.29, 1.82) is 0 Å². The van der Waals surface area contributed by atoms with Gasteiger partial charge in [-0.2, -0.15) is 0 Å². The molecule has 0 radical (unpaired) electrons. The van der Waals surface area contributed by atoms with Gasteiger partial charge in [-0.05, 0) is 18.6 Å². The van der Waals surface area contributed by atoms with Gasteiger partial charge in [0.25, 0.3) is 0 Å². The highest BCUT2D eigenvalue weighted by Crippen LogP contribution is 2.19. The molecule has 110 valence electrons. The lowest BCUT2D eigenvalue weighted by molar-refractivity contribution is -0.122. The SMILES string of the molecule is COc1cc(C)ccc1CNC(=O)CC1COCCN1. The lowest BCUT2D eigenvalue weighted by Crippen LogP contribution is -2.44. The zero-order chi connectivity index (χ0) is 14.4. The molecule has 0 aromatic heterocycles. The first-order valence-corrected chi connectivity index (χ1v) is 6.90. The van der Waals surface area contributed by atoms with E-state index in [9.17, 15) is 4.79 Å². The van der Waals surface area contributed by atoms with Gasteiger partial charge in [-0.25, -0.2) is 0 Å². The average Bonchev–Trinajstić information content (AvgIpc) is 2.47. The maximum Gasteiger partial charge on any atom is 0.221 e. The van der Waals surface area contributed by atoms with Gasteiger partial charge in [0.2, 0.25) is 5.91 Å². The smallest absolute Gasteiger partial charge is 0.221 e. The van der Waals surface area contributed by atoms with Gasteiger partial charge in [-0.1, -0.05) is 12.1 Å². The maximum absolute atomic E-state index is 11.9. The third-order valence-electron chi connectivity index (χ3n) is 3.35. The van der Waals surface area contributed by atoms with Crippen LogP contribution in [0.5, 0.6) is 5.75 Å². The Labute approximate surface area is 119 Å². The summed E-state index contributed by atoms with van der Waals surface area (Å²) in [4.78, 5) is 11.9. The van der Waals surface area contributed by atoms with Crippen LogP contribution in [0.4, 0.5) is 0 Å². The molecule has 2 N–H and O–H groups in total. The predicted octanol–water partition coefficient (Wildman–Crippen LogP) is 0.998. The minimum atomic E-state index is 0.0237. The van der Waals surface area contributed by atoms with Crippen molar-refractivity contribution >= 4 is 5.91 Å². The zero-order valence-corrected chi connectivity index (χ0v) is 12.1. The molecule has 0 spiro atoms. The molecule has 20 heavy (non-hydrogen) atoms. The fourth-order valence-electron chi connectivity index (χ4n) is 2.24. The van der Waals surface area contributed by atoms with Crippen molar-refractivity contribution in [3.8, 4) is 5.75 Å². The van der Waals surface area contributed by atoms with Crippen LogP contribution in [0.15, 0.2) is 18.2 Å². The van der Waals surface area contributed by atoms with Crippen molar-refractivity contribution in [1.82, 2.24) is 10.6 Å². The minimum absolute atomic E-state index is 0.0237. The van der Waals surface area contributed by atoms with E-state index in [1.807, 2.05) is 25.1 Å². The van der Waals surface area contributed by atoms with Crippen molar-refractivity contribution in [2.24, 2.45) is 0 Å². The molecule has 1 aromatic carbocycles. The Morgan fingerprint density at radius 3 is 3.10 bits per heavy atom. The van der Waals surface area contributed by atoms with Crippen LogP contribution in [0.1, 0.15) is 17.5 Å². The summed E-state index contributed by atoms with van der Waals surface area (Å²) in [6, 6.07) is 6.08. The number of benzene rings is 1. The van der Waals surface area contributed by atoms with Crippen LogP contribution >= 0.6 is 0 Å². The minimum Gasteiger partial charge on any atom is -0.496 e. The molecule has 1 aliphatic rings. The molecule has 1 fully saturated rings. The van der Waals surface area contributed by atoms with Gasteiger partial charge in [0.1, 0.15) is 5.75 Å². The number of amides is 1. The van der Waals surface area contributed by atoms with Gasteiger partial charge in [-0.3, -0.25) is 4.79 Å². The van der Waals surface area contributed by atoms with Crippen LogP contribution < -0.4 is 15.4 Å². The fraction of sp³-hybridized carbons (Fsp3) is 0.533. The molecule has 1 saturated heterocycles. The summed E-state index contributed by atoms with van der Waals surface area (Å²) in [5.41, 5.74) is 2.12. The molecular weight excluding hydrogens is 256 g/mol. The highest BCUT2D eigenvalue weighted by atomic mass is 16.5. The molecule has 0 aliphatic carbocycles. The Kier molecular flexibility index (Phi) is 5.38. The number of carbonyl (C=O) groups is 1. The number of aryl methyl sites for hydroxylation is 1. The molecule has 1 heterocycles. The van der Waals surface area contributed by atoms with E-state index in [1.165, 1.54) is 0 Å². The Morgan fingerprint density at radius 2 is 2.40 bits per heavy atom. The average molecular weight is 278 g/mol. The van der Waals surface area contributed by atoms with E-state index in [0.29, 0.717) is 19.6 Å². The van der Waals surface area contributed by atoms with Gasteiger partial charge in [0.05, 0.1) is 20.3 Å². The summed E-state index contributed by atoms with van der Waals surface area (Å²) in [6.07, 6.45) is 0.439. The monoisotopic (exact) mass is 278 g/mol. The quantitative estimate of drug-likeness (QED) is 0.843. The Hall–Kier alpha value is -1.59. The number of carbonyl (C=O) groups excluding carboxylic acids is 1. The molecule has 2 rings (SSSR count). The van der Waals surface area contributed by atoms with Crippen LogP contribution in [-0.4, -0.2) is 38.8 Å². The number of morpholine rings is 1. The van der Waals surface area contributed by atoms with Gasteiger partial charge < -0.3 is 20.1 Å². The second-order valence-electron chi connectivity index (χ2n) is 5.02. The number of rotatable bonds is 5. The van der Waals surface area contributed by atoms with E-state index in [0.717, 1.165) is 30.0 Å². The summed E-state index contributed by atoms with van der Waals surface area (Å²) in [6.45, 7) is 4.62. The van der Waals surface area contributed by atoms with E-state index in [2.05, 4.69) is 10.6 Å².